The summed E-state index contributed by atoms with van der Waals surface area (Å²) in [4.78, 5) is 0. The Morgan fingerprint density at radius 1 is 1.06 bits per heavy atom. The molecular formula is C14H27NO. The fourth-order valence-corrected chi connectivity index (χ4v) is 3.46. The van der Waals surface area contributed by atoms with Gasteiger partial charge in [0.1, 0.15) is 0 Å². The van der Waals surface area contributed by atoms with Crippen LogP contribution >= 0.6 is 0 Å². The molecule has 0 aromatic rings. The Morgan fingerprint density at radius 3 is 2.56 bits per heavy atom. The molecule has 1 N–H and O–H groups in total. The van der Waals surface area contributed by atoms with Crippen LogP contribution in [0.5, 0.6) is 0 Å². The molecule has 2 heteroatoms. The summed E-state index contributed by atoms with van der Waals surface area (Å²) in [5.74, 6) is 0. The third kappa shape index (κ3) is 2.60. The molecule has 94 valence electrons. The van der Waals surface area contributed by atoms with Crippen LogP contribution in [0.4, 0.5) is 0 Å². The summed E-state index contributed by atoms with van der Waals surface area (Å²) in [6.07, 6.45) is 9.83. The van der Waals surface area contributed by atoms with Gasteiger partial charge in [0, 0.05) is 19.2 Å². The lowest BCUT2D eigenvalue weighted by Crippen LogP contribution is -2.51. The molecule has 2 aliphatic carbocycles. The minimum atomic E-state index is 0.456. The second-order valence-corrected chi connectivity index (χ2v) is 6.27. The highest BCUT2D eigenvalue weighted by atomic mass is 16.5. The summed E-state index contributed by atoms with van der Waals surface area (Å²) in [5.41, 5.74) is 0.471. The molecule has 0 radical (unpaired) electrons. The molecule has 2 fully saturated rings. The van der Waals surface area contributed by atoms with Gasteiger partial charge in [-0.25, -0.2) is 0 Å². The molecule has 16 heavy (non-hydrogen) atoms. The van der Waals surface area contributed by atoms with Crippen molar-refractivity contribution in [3.8, 4) is 0 Å². The Balaban J connectivity index is 1.92. The summed E-state index contributed by atoms with van der Waals surface area (Å²) < 4.78 is 5.57. The number of methoxy groups -OCH3 is 1. The zero-order valence-electron chi connectivity index (χ0n) is 11.1. The average molecular weight is 225 g/mol. The van der Waals surface area contributed by atoms with E-state index in [9.17, 15) is 0 Å². The van der Waals surface area contributed by atoms with Gasteiger partial charge in [0.25, 0.3) is 0 Å². The van der Waals surface area contributed by atoms with Gasteiger partial charge in [0.15, 0.2) is 0 Å². The number of nitrogens with one attached hydrogen (secondary N) is 1. The Kier molecular flexibility index (Phi) is 3.91. The molecule has 0 saturated heterocycles. The lowest BCUT2D eigenvalue weighted by molar-refractivity contribution is 0.0642. The molecule has 0 bridgehead atoms. The first-order valence-electron chi connectivity index (χ1n) is 6.92. The molecule has 0 spiro atoms. The summed E-state index contributed by atoms with van der Waals surface area (Å²) in [6.45, 7) is 4.83. The van der Waals surface area contributed by atoms with Crippen molar-refractivity contribution in [2.24, 2.45) is 5.41 Å². The second kappa shape index (κ2) is 5.05. The van der Waals surface area contributed by atoms with Crippen molar-refractivity contribution < 1.29 is 4.74 Å². The van der Waals surface area contributed by atoms with Crippen LogP contribution < -0.4 is 5.32 Å². The van der Waals surface area contributed by atoms with Gasteiger partial charge in [-0.2, -0.15) is 0 Å². The van der Waals surface area contributed by atoms with Gasteiger partial charge >= 0.3 is 0 Å². The van der Waals surface area contributed by atoms with Crippen LogP contribution in [0.2, 0.25) is 0 Å². The van der Waals surface area contributed by atoms with Gasteiger partial charge < -0.3 is 10.1 Å². The zero-order valence-corrected chi connectivity index (χ0v) is 11.1. The molecule has 0 aliphatic heterocycles. The number of ether oxygens (including phenoxy) is 1. The maximum absolute atomic E-state index is 5.57. The largest absolute Gasteiger partial charge is 0.380 e. The highest BCUT2D eigenvalue weighted by molar-refractivity contribution is 4.93. The lowest BCUT2D eigenvalue weighted by Gasteiger charge is -2.41. The lowest BCUT2D eigenvalue weighted by atomic mass is 9.73. The topological polar surface area (TPSA) is 21.3 Å². The monoisotopic (exact) mass is 225 g/mol. The van der Waals surface area contributed by atoms with Crippen LogP contribution in [0.25, 0.3) is 0 Å². The van der Waals surface area contributed by atoms with Crippen molar-refractivity contribution in [1.82, 2.24) is 5.32 Å². The summed E-state index contributed by atoms with van der Waals surface area (Å²) >= 11 is 0. The van der Waals surface area contributed by atoms with Crippen molar-refractivity contribution in [1.29, 1.82) is 0 Å². The quantitative estimate of drug-likeness (QED) is 0.797. The number of rotatable bonds is 3. The first-order chi connectivity index (χ1) is 7.63. The van der Waals surface area contributed by atoms with Crippen molar-refractivity contribution >= 4 is 0 Å². The van der Waals surface area contributed by atoms with Crippen LogP contribution in [-0.4, -0.2) is 25.3 Å². The van der Waals surface area contributed by atoms with Crippen LogP contribution in [0.1, 0.15) is 58.8 Å². The van der Waals surface area contributed by atoms with Crippen molar-refractivity contribution in [2.75, 3.05) is 7.11 Å². The minimum Gasteiger partial charge on any atom is -0.380 e. The summed E-state index contributed by atoms with van der Waals surface area (Å²) in [5, 5.41) is 3.88. The van der Waals surface area contributed by atoms with E-state index in [0.717, 1.165) is 0 Å². The standard InChI is InChI=1S/C14H27NO/c1-14(2)10-5-4-9-13(14)15-11-7-6-8-12(11)16-3/h11-13,15H,4-10H2,1-3H3. The maximum atomic E-state index is 5.57. The Bertz CT molecular complexity index is 227. The summed E-state index contributed by atoms with van der Waals surface area (Å²) in [7, 11) is 1.86. The molecule has 2 rings (SSSR count). The molecule has 3 atom stereocenters. The third-order valence-electron chi connectivity index (χ3n) is 4.68. The first kappa shape index (κ1) is 12.4. The predicted molar refractivity (Wildman–Crippen MR) is 67.6 cm³/mol. The first-order valence-corrected chi connectivity index (χ1v) is 6.92. The fourth-order valence-electron chi connectivity index (χ4n) is 3.46. The SMILES string of the molecule is COC1CCCC1NC1CCCCC1(C)C. The van der Waals surface area contributed by atoms with Gasteiger partial charge in [0.2, 0.25) is 0 Å². The number of hydrogen-bond acceptors (Lipinski definition) is 2. The van der Waals surface area contributed by atoms with Crippen molar-refractivity contribution in [3.05, 3.63) is 0 Å². The predicted octanol–water partition coefficient (Wildman–Crippen LogP) is 3.11. The molecule has 0 aromatic carbocycles. The fraction of sp³-hybridized carbons (Fsp3) is 1.00. The highest BCUT2D eigenvalue weighted by Crippen LogP contribution is 2.36. The van der Waals surface area contributed by atoms with E-state index < -0.39 is 0 Å². The van der Waals surface area contributed by atoms with E-state index in [1.165, 1.54) is 44.9 Å². The van der Waals surface area contributed by atoms with Crippen LogP contribution in [0.3, 0.4) is 0 Å². The highest BCUT2D eigenvalue weighted by Gasteiger charge is 2.36. The van der Waals surface area contributed by atoms with Crippen LogP contribution in [-0.2, 0) is 4.74 Å². The Morgan fingerprint density at radius 2 is 1.88 bits per heavy atom. The van der Waals surface area contributed by atoms with Gasteiger partial charge in [-0.05, 0) is 37.5 Å². The Hall–Kier alpha value is -0.0800. The molecule has 0 aromatic heterocycles. The van der Waals surface area contributed by atoms with E-state index in [1.807, 2.05) is 7.11 Å². The smallest absolute Gasteiger partial charge is 0.0724 e. The zero-order chi connectivity index (χ0) is 11.6. The molecular weight excluding hydrogens is 198 g/mol. The van der Waals surface area contributed by atoms with Crippen LogP contribution in [0, 0.1) is 5.41 Å². The molecule has 2 aliphatic rings. The Labute approximate surface area is 100 Å². The number of hydrogen-bond donors (Lipinski definition) is 1. The molecule has 2 saturated carbocycles. The minimum absolute atomic E-state index is 0.456. The van der Waals surface area contributed by atoms with Crippen LogP contribution in [0.15, 0.2) is 0 Å². The van der Waals surface area contributed by atoms with E-state index in [0.29, 0.717) is 23.6 Å². The van der Waals surface area contributed by atoms with Gasteiger partial charge in [-0.15, -0.1) is 0 Å². The average Bonchev–Trinajstić information content (AvgIpc) is 2.68. The van der Waals surface area contributed by atoms with Crippen molar-refractivity contribution in [2.45, 2.75) is 77.0 Å². The normalized spacial score (nSPS) is 38.8. The molecule has 3 unspecified atom stereocenters. The van der Waals surface area contributed by atoms with E-state index in [4.69, 9.17) is 4.74 Å². The molecule has 0 amide bonds. The van der Waals surface area contributed by atoms with E-state index >= 15 is 0 Å². The summed E-state index contributed by atoms with van der Waals surface area (Å²) in [6, 6.07) is 1.30. The van der Waals surface area contributed by atoms with Gasteiger partial charge in [-0.3, -0.25) is 0 Å². The third-order valence-corrected chi connectivity index (χ3v) is 4.68. The van der Waals surface area contributed by atoms with E-state index in [1.54, 1.807) is 0 Å². The molecule has 0 heterocycles. The van der Waals surface area contributed by atoms with Gasteiger partial charge in [-0.1, -0.05) is 26.7 Å². The van der Waals surface area contributed by atoms with Crippen molar-refractivity contribution in [3.63, 3.8) is 0 Å². The van der Waals surface area contributed by atoms with E-state index in [-0.39, 0.29) is 0 Å². The second-order valence-electron chi connectivity index (χ2n) is 6.27. The molecule has 2 nitrogen and oxygen atoms in total. The van der Waals surface area contributed by atoms with E-state index in [2.05, 4.69) is 19.2 Å². The maximum Gasteiger partial charge on any atom is 0.0724 e. The van der Waals surface area contributed by atoms with Gasteiger partial charge in [0.05, 0.1) is 6.10 Å².